The molecule has 0 fully saturated rings. The normalized spacial score (nSPS) is 10.2. The standard InChI is InChI=1S/C11H13N5O/c12-5-4-11(17)15-9-2-1-3-10(6-9)16-7-13-14-8-16/h1-3,6-8H,4-5,12H2,(H,15,17). The van der Waals surface area contributed by atoms with Crippen molar-refractivity contribution in [2.75, 3.05) is 11.9 Å². The van der Waals surface area contributed by atoms with Crippen LogP contribution >= 0.6 is 0 Å². The molecule has 0 saturated heterocycles. The Morgan fingerprint density at radius 1 is 1.35 bits per heavy atom. The minimum Gasteiger partial charge on any atom is -0.330 e. The van der Waals surface area contributed by atoms with E-state index in [0.717, 1.165) is 11.4 Å². The van der Waals surface area contributed by atoms with Crippen molar-refractivity contribution in [3.05, 3.63) is 36.9 Å². The van der Waals surface area contributed by atoms with Crippen molar-refractivity contribution in [1.82, 2.24) is 14.8 Å². The molecule has 6 nitrogen and oxygen atoms in total. The van der Waals surface area contributed by atoms with Gasteiger partial charge in [0.2, 0.25) is 5.91 Å². The summed E-state index contributed by atoms with van der Waals surface area (Å²) in [5.74, 6) is -0.0894. The molecular weight excluding hydrogens is 218 g/mol. The third-order valence-corrected chi connectivity index (χ3v) is 2.22. The summed E-state index contributed by atoms with van der Waals surface area (Å²) in [7, 11) is 0. The van der Waals surface area contributed by atoms with Gasteiger partial charge in [-0.25, -0.2) is 0 Å². The number of aromatic nitrogens is 3. The van der Waals surface area contributed by atoms with E-state index in [0.29, 0.717) is 13.0 Å². The molecule has 0 radical (unpaired) electrons. The molecule has 2 aromatic rings. The Morgan fingerprint density at radius 2 is 2.12 bits per heavy atom. The Kier molecular flexibility index (Phi) is 3.46. The van der Waals surface area contributed by atoms with Gasteiger partial charge in [0.15, 0.2) is 0 Å². The van der Waals surface area contributed by atoms with E-state index >= 15 is 0 Å². The van der Waals surface area contributed by atoms with E-state index in [4.69, 9.17) is 5.73 Å². The van der Waals surface area contributed by atoms with Crippen molar-refractivity contribution >= 4 is 11.6 Å². The van der Waals surface area contributed by atoms with Gasteiger partial charge in [-0.15, -0.1) is 10.2 Å². The van der Waals surface area contributed by atoms with E-state index in [1.165, 1.54) is 0 Å². The number of anilines is 1. The Bertz CT molecular complexity index is 494. The van der Waals surface area contributed by atoms with Gasteiger partial charge in [-0.05, 0) is 18.2 Å². The lowest BCUT2D eigenvalue weighted by Crippen LogP contribution is -2.16. The first-order valence-corrected chi connectivity index (χ1v) is 5.24. The van der Waals surface area contributed by atoms with Crippen LogP contribution in [0.15, 0.2) is 36.9 Å². The van der Waals surface area contributed by atoms with Gasteiger partial charge in [0.05, 0.1) is 5.69 Å². The largest absolute Gasteiger partial charge is 0.330 e. The number of hydrogen-bond donors (Lipinski definition) is 2. The number of nitrogens with two attached hydrogens (primary N) is 1. The SMILES string of the molecule is NCCC(=O)Nc1cccc(-n2cnnc2)c1. The van der Waals surface area contributed by atoms with Crippen LogP contribution in [0.3, 0.4) is 0 Å². The first-order chi connectivity index (χ1) is 8.29. The fourth-order valence-corrected chi connectivity index (χ4v) is 1.43. The number of nitrogens with zero attached hydrogens (tertiary/aromatic N) is 3. The van der Waals surface area contributed by atoms with Crippen LogP contribution in [0.5, 0.6) is 0 Å². The highest BCUT2D eigenvalue weighted by atomic mass is 16.1. The molecule has 1 amide bonds. The fraction of sp³-hybridized carbons (Fsp3) is 0.182. The number of amides is 1. The number of carbonyl (C=O) groups is 1. The molecule has 0 unspecified atom stereocenters. The molecule has 0 aliphatic rings. The highest BCUT2D eigenvalue weighted by molar-refractivity contribution is 5.91. The van der Waals surface area contributed by atoms with E-state index in [2.05, 4.69) is 15.5 Å². The molecule has 1 heterocycles. The van der Waals surface area contributed by atoms with Crippen LogP contribution in [0, 0.1) is 0 Å². The quantitative estimate of drug-likeness (QED) is 0.804. The Morgan fingerprint density at radius 3 is 2.82 bits per heavy atom. The summed E-state index contributed by atoms with van der Waals surface area (Å²) in [6.07, 6.45) is 3.51. The zero-order valence-electron chi connectivity index (χ0n) is 9.21. The molecule has 6 heteroatoms. The van der Waals surface area contributed by atoms with Crippen LogP contribution in [0.2, 0.25) is 0 Å². The first kappa shape index (κ1) is 11.3. The summed E-state index contributed by atoms with van der Waals surface area (Å²) in [5.41, 5.74) is 6.93. The average molecular weight is 231 g/mol. The monoisotopic (exact) mass is 231 g/mol. The third kappa shape index (κ3) is 2.88. The number of benzene rings is 1. The molecule has 2 rings (SSSR count). The summed E-state index contributed by atoms with van der Waals surface area (Å²) in [4.78, 5) is 11.4. The van der Waals surface area contributed by atoms with Crippen molar-refractivity contribution in [1.29, 1.82) is 0 Å². The van der Waals surface area contributed by atoms with Gasteiger partial charge < -0.3 is 11.1 Å². The minimum atomic E-state index is -0.0894. The molecule has 0 aliphatic heterocycles. The highest BCUT2D eigenvalue weighted by Crippen LogP contribution is 2.14. The van der Waals surface area contributed by atoms with E-state index in [1.807, 2.05) is 24.3 Å². The van der Waals surface area contributed by atoms with Crippen molar-refractivity contribution < 1.29 is 4.79 Å². The van der Waals surface area contributed by atoms with Gasteiger partial charge in [-0.3, -0.25) is 9.36 Å². The van der Waals surface area contributed by atoms with Crippen molar-refractivity contribution in [3.8, 4) is 5.69 Å². The molecule has 1 aromatic carbocycles. The number of nitrogens with one attached hydrogen (secondary N) is 1. The lowest BCUT2D eigenvalue weighted by atomic mass is 10.2. The summed E-state index contributed by atoms with van der Waals surface area (Å²) in [6, 6.07) is 7.43. The molecule has 3 N–H and O–H groups in total. The lowest BCUT2D eigenvalue weighted by Gasteiger charge is -2.06. The van der Waals surface area contributed by atoms with E-state index in [9.17, 15) is 4.79 Å². The van der Waals surface area contributed by atoms with Crippen molar-refractivity contribution in [2.24, 2.45) is 5.73 Å². The Hall–Kier alpha value is -2.21. The molecule has 0 bridgehead atoms. The molecule has 1 aromatic heterocycles. The maximum Gasteiger partial charge on any atom is 0.225 e. The molecule has 0 atom stereocenters. The lowest BCUT2D eigenvalue weighted by molar-refractivity contribution is -0.116. The van der Waals surface area contributed by atoms with Crippen LogP contribution in [-0.2, 0) is 4.79 Å². The second kappa shape index (κ2) is 5.22. The predicted molar refractivity (Wildman–Crippen MR) is 63.7 cm³/mol. The summed E-state index contributed by atoms with van der Waals surface area (Å²) < 4.78 is 1.76. The molecule has 0 saturated carbocycles. The molecule has 0 spiro atoms. The topological polar surface area (TPSA) is 85.8 Å². The zero-order chi connectivity index (χ0) is 12.1. The number of carbonyl (C=O) groups excluding carboxylic acids is 1. The van der Waals surface area contributed by atoms with Gasteiger partial charge >= 0.3 is 0 Å². The Labute approximate surface area is 98.5 Å². The van der Waals surface area contributed by atoms with Crippen LogP contribution in [-0.4, -0.2) is 27.2 Å². The number of hydrogen-bond acceptors (Lipinski definition) is 4. The van der Waals surface area contributed by atoms with Gasteiger partial charge in [-0.2, -0.15) is 0 Å². The predicted octanol–water partition coefficient (Wildman–Crippen LogP) is 0.555. The zero-order valence-corrected chi connectivity index (χ0v) is 9.21. The second-order valence-electron chi connectivity index (χ2n) is 3.51. The summed E-state index contributed by atoms with van der Waals surface area (Å²) >= 11 is 0. The molecule has 88 valence electrons. The number of rotatable bonds is 4. The third-order valence-electron chi connectivity index (χ3n) is 2.22. The minimum absolute atomic E-state index is 0.0894. The highest BCUT2D eigenvalue weighted by Gasteiger charge is 2.02. The maximum absolute atomic E-state index is 11.4. The fourth-order valence-electron chi connectivity index (χ4n) is 1.43. The molecule has 0 aliphatic carbocycles. The first-order valence-electron chi connectivity index (χ1n) is 5.24. The van der Waals surface area contributed by atoms with Crippen LogP contribution in [0.1, 0.15) is 6.42 Å². The summed E-state index contributed by atoms with van der Waals surface area (Å²) in [5, 5.41) is 10.2. The average Bonchev–Trinajstić information content (AvgIpc) is 2.83. The van der Waals surface area contributed by atoms with Crippen LogP contribution < -0.4 is 11.1 Å². The molecular formula is C11H13N5O. The van der Waals surface area contributed by atoms with Gasteiger partial charge in [0, 0.05) is 18.7 Å². The van der Waals surface area contributed by atoms with Crippen LogP contribution in [0.25, 0.3) is 5.69 Å². The van der Waals surface area contributed by atoms with Crippen molar-refractivity contribution in [2.45, 2.75) is 6.42 Å². The smallest absolute Gasteiger partial charge is 0.225 e. The van der Waals surface area contributed by atoms with E-state index in [1.54, 1.807) is 17.2 Å². The summed E-state index contributed by atoms with van der Waals surface area (Å²) in [6.45, 7) is 0.344. The van der Waals surface area contributed by atoms with E-state index < -0.39 is 0 Å². The van der Waals surface area contributed by atoms with Gasteiger partial charge in [0.25, 0.3) is 0 Å². The van der Waals surface area contributed by atoms with Gasteiger partial charge in [-0.1, -0.05) is 6.07 Å². The maximum atomic E-state index is 11.4. The van der Waals surface area contributed by atoms with Gasteiger partial charge in [0.1, 0.15) is 12.7 Å². The van der Waals surface area contributed by atoms with Crippen molar-refractivity contribution in [3.63, 3.8) is 0 Å². The van der Waals surface area contributed by atoms with E-state index in [-0.39, 0.29) is 5.91 Å². The molecule has 17 heavy (non-hydrogen) atoms. The Balaban J connectivity index is 2.15. The van der Waals surface area contributed by atoms with Crippen LogP contribution in [0.4, 0.5) is 5.69 Å². The second-order valence-corrected chi connectivity index (χ2v) is 3.51.